The predicted molar refractivity (Wildman–Crippen MR) is 175 cm³/mol. The number of methoxy groups -OCH3 is 1. The molecule has 0 saturated carbocycles. The number of sulfonamides is 1. The lowest BCUT2D eigenvalue weighted by Crippen LogP contribution is -2.32. The Bertz CT molecular complexity index is 1730. The minimum Gasteiger partial charge on any atom is -0.496 e. The zero-order valence-electron chi connectivity index (χ0n) is 26.2. The topological polar surface area (TPSA) is 117 Å². The normalized spacial score (nSPS) is 12.9. The Hall–Kier alpha value is -4.11. The van der Waals surface area contributed by atoms with Gasteiger partial charge in [0, 0.05) is 46.6 Å². The highest BCUT2D eigenvalue weighted by Gasteiger charge is 2.25. The van der Waals surface area contributed by atoms with E-state index in [-0.39, 0.29) is 28.2 Å². The summed E-state index contributed by atoms with van der Waals surface area (Å²) in [5.41, 5.74) is 4.85. The third kappa shape index (κ3) is 7.33. The number of aryl methyl sites for hydroxylation is 1. The molecule has 3 N–H and O–H groups in total. The number of H-pyrrole nitrogens is 1. The molecule has 0 aliphatic carbocycles. The number of nitrogens with one attached hydrogen (secondary N) is 3. The van der Waals surface area contributed by atoms with E-state index in [1.54, 1.807) is 44.4 Å². The number of carbonyl (C=O) groups excluding carboxylic acids is 2. The maximum Gasteiger partial charge on any atom is 0.265 e. The average Bonchev–Trinajstić information content (AvgIpc) is 3.43. The van der Waals surface area contributed by atoms with E-state index in [4.69, 9.17) is 4.74 Å². The molecule has 0 aliphatic heterocycles. The summed E-state index contributed by atoms with van der Waals surface area (Å²) in [6, 6.07) is 17.9. The van der Waals surface area contributed by atoms with Crippen molar-refractivity contribution >= 4 is 32.7 Å². The fourth-order valence-electron chi connectivity index (χ4n) is 5.71. The number of benzene rings is 3. The van der Waals surface area contributed by atoms with Crippen LogP contribution in [0, 0.1) is 12.8 Å². The molecular weight excluding hydrogens is 574 g/mol. The van der Waals surface area contributed by atoms with Crippen LogP contribution in [-0.4, -0.2) is 38.9 Å². The van der Waals surface area contributed by atoms with Crippen molar-refractivity contribution in [1.82, 2.24) is 15.0 Å². The first-order valence-electron chi connectivity index (χ1n) is 15.3. The van der Waals surface area contributed by atoms with E-state index < -0.39 is 15.9 Å². The lowest BCUT2D eigenvalue weighted by atomic mass is 9.85. The molecule has 1 aromatic heterocycles. The second kappa shape index (κ2) is 14.6. The van der Waals surface area contributed by atoms with Gasteiger partial charge in [-0.25, -0.2) is 13.1 Å². The molecule has 3 aromatic carbocycles. The molecule has 0 spiro atoms. The Morgan fingerprint density at radius 2 is 1.73 bits per heavy atom. The summed E-state index contributed by atoms with van der Waals surface area (Å²) in [6.07, 6.45) is 6.08. The van der Waals surface area contributed by atoms with Gasteiger partial charge in [0.15, 0.2) is 0 Å². The minimum absolute atomic E-state index is 0.0402. The lowest BCUT2D eigenvalue weighted by molar-refractivity contribution is -0.125. The zero-order valence-corrected chi connectivity index (χ0v) is 27.0. The largest absolute Gasteiger partial charge is 0.496 e. The van der Waals surface area contributed by atoms with E-state index in [0.717, 1.165) is 53.3 Å². The summed E-state index contributed by atoms with van der Waals surface area (Å²) < 4.78 is 33.8. The molecule has 8 nitrogen and oxygen atoms in total. The number of hydrogen-bond acceptors (Lipinski definition) is 5. The number of hydrogen-bond donors (Lipinski definition) is 3. The van der Waals surface area contributed by atoms with Gasteiger partial charge >= 0.3 is 0 Å². The van der Waals surface area contributed by atoms with Crippen LogP contribution in [-0.2, 0) is 21.2 Å². The molecule has 44 heavy (non-hydrogen) atoms. The van der Waals surface area contributed by atoms with Crippen LogP contribution < -0.4 is 14.8 Å². The van der Waals surface area contributed by atoms with Crippen LogP contribution in [0.15, 0.2) is 71.8 Å². The van der Waals surface area contributed by atoms with Crippen LogP contribution in [0.4, 0.5) is 0 Å². The van der Waals surface area contributed by atoms with Crippen molar-refractivity contribution in [3.8, 4) is 5.75 Å². The van der Waals surface area contributed by atoms with Gasteiger partial charge in [0.2, 0.25) is 5.91 Å². The highest BCUT2D eigenvalue weighted by molar-refractivity contribution is 7.90. The first-order chi connectivity index (χ1) is 21.1. The van der Waals surface area contributed by atoms with Crippen molar-refractivity contribution in [3.63, 3.8) is 0 Å². The molecule has 4 rings (SSSR count). The Morgan fingerprint density at radius 1 is 0.955 bits per heavy atom. The average molecular weight is 618 g/mol. The van der Waals surface area contributed by atoms with Crippen LogP contribution in [0.3, 0.4) is 0 Å². The second-order valence-corrected chi connectivity index (χ2v) is 12.9. The Kier molecular flexibility index (Phi) is 10.9. The second-order valence-electron chi connectivity index (χ2n) is 11.2. The third-order valence-electron chi connectivity index (χ3n) is 8.11. The molecule has 0 saturated heterocycles. The Labute approximate surface area is 260 Å². The van der Waals surface area contributed by atoms with Crippen LogP contribution in [0.5, 0.6) is 5.75 Å². The molecule has 0 bridgehead atoms. The van der Waals surface area contributed by atoms with Gasteiger partial charge in [-0.05, 0) is 79.6 Å². The van der Waals surface area contributed by atoms with Crippen molar-refractivity contribution in [2.45, 2.75) is 70.6 Å². The number of ether oxygens (including phenoxy) is 1. The van der Waals surface area contributed by atoms with Crippen molar-refractivity contribution in [1.29, 1.82) is 0 Å². The summed E-state index contributed by atoms with van der Waals surface area (Å²) in [5, 5.41) is 4.11. The van der Waals surface area contributed by atoms with Crippen LogP contribution in [0.25, 0.3) is 10.9 Å². The standard InChI is InChI=1S/C35H43N3O5S/c1-6-11-27(30-22-37-31-17-14-24(20-29(30)31)19-25(8-3)34(39)36-18-7-2)28-16-15-26(21-32(28)43-5)35(40)38-44(41,42)33-13-10-9-12-23(33)4/h9-10,12-17,20-22,25,27,37H,6-8,11,18-19H2,1-5H3,(H,36,39)(H,38,40). The summed E-state index contributed by atoms with van der Waals surface area (Å²) >= 11 is 0. The van der Waals surface area contributed by atoms with E-state index in [1.807, 2.05) is 26.1 Å². The van der Waals surface area contributed by atoms with E-state index in [2.05, 4.69) is 40.1 Å². The molecular formula is C35H43N3O5S. The maximum absolute atomic E-state index is 13.1. The number of amides is 2. The number of fused-ring (bicyclic) bond motifs is 1. The molecule has 0 aliphatic rings. The predicted octanol–water partition coefficient (Wildman–Crippen LogP) is 6.63. The monoisotopic (exact) mass is 617 g/mol. The Morgan fingerprint density at radius 3 is 2.41 bits per heavy atom. The van der Waals surface area contributed by atoms with Crippen molar-refractivity contribution in [3.05, 3.63) is 94.7 Å². The lowest BCUT2D eigenvalue weighted by Gasteiger charge is -2.21. The molecule has 234 valence electrons. The quantitative estimate of drug-likeness (QED) is 0.147. The summed E-state index contributed by atoms with van der Waals surface area (Å²) in [5.74, 6) is -0.264. The summed E-state index contributed by atoms with van der Waals surface area (Å²) in [7, 11) is -2.50. The zero-order chi connectivity index (χ0) is 31.9. The van der Waals surface area contributed by atoms with Crippen LogP contribution in [0.1, 0.15) is 85.0 Å². The van der Waals surface area contributed by atoms with Crippen molar-refractivity contribution in [2.75, 3.05) is 13.7 Å². The van der Waals surface area contributed by atoms with Crippen molar-refractivity contribution < 1.29 is 22.7 Å². The van der Waals surface area contributed by atoms with Crippen LogP contribution >= 0.6 is 0 Å². The van der Waals surface area contributed by atoms with Gasteiger partial charge in [-0.2, -0.15) is 0 Å². The third-order valence-corrected chi connectivity index (χ3v) is 9.60. The van der Waals surface area contributed by atoms with E-state index in [9.17, 15) is 18.0 Å². The van der Waals surface area contributed by atoms with Gasteiger partial charge < -0.3 is 15.0 Å². The highest BCUT2D eigenvalue weighted by atomic mass is 32.2. The van der Waals surface area contributed by atoms with E-state index in [1.165, 1.54) is 6.07 Å². The smallest absolute Gasteiger partial charge is 0.265 e. The molecule has 2 amide bonds. The Balaban J connectivity index is 1.65. The van der Waals surface area contributed by atoms with E-state index in [0.29, 0.717) is 24.3 Å². The molecule has 4 aromatic rings. The first-order valence-corrected chi connectivity index (χ1v) is 16.8. The summed E-state index contributed by atoms with van der Waals surface area (Å²) in [4.78, 5) is 29.3. The summed E-state index contributed by atoms with van der Waals surface area (Å²) in [6.45, 7) is 8.58. The van der Waals surface area contributed by atoms with Gasteiger partial charge in [-0.3, -0.25) is 9.59 Å². The molecule has 0 fully saturated rings. The first kappa shape index (κ1) is 32.8. The highest BCUT2D eigenvalue weighted by Crippen LogP contribution is 2.39. The molecule has 2 atom stereocenters. The maximum atomic E-state index is 13.1. The SMILES string of the molecule is CCCNC(=O)C(CC)Cc1ccc2[nH]cc(C(CCC)c3ccc(C(=O)NS(=O)(=O)c4ccccc4C)cc3OC)c2c1. The van der Waals surface area contributed by atoms with Crippen molar-refractivity contribution in [2.24, 2.45) is 5.92 Å². The van der Waals surface area contributed by atoms with E-state index >= 15 is 0 Å². The number of rotatable bonds is 14. The van der Waals surface area contributed by atoms with Gasteiger partial charge in [-0.15, -0.1) is 0 Å². The van der Waals surface area contributed by atoms with Gasteiger partial charge in [0.25, 0.3) is 15.9 Å². The molecule has 0 radical (unpaired) electrons. The minimum atomic E-state index is -4.05. The fourth-order valence-corrected chi connectivity index (χ4v) is 6.93. The van der Waals surface area contributed by atoms with Crippen LogP contribution in [0.2, 0.25) is 0 Å². The number of aromatic nitrogens is 1. The number of aromatic amines is 1. The number of carbonyl (C=O) groups is 2. The van der Waals surface area contributed by atoms with Gasteiger partial charge in [0.1, 0.15) is 5.75 Å². The van der Waals surface area contributed by atoms with Gasteiger partial charge in [-0.1, -0.05) is 57.5 Å². The van der Waals surface area contributed by atoms with Gasteiger partial charge in [0.05, 0.1) is 12.0 Å². The molecule has 2 unspecified atom stereocenters. The molecule has 9 heteroatoms. The fraction of sp³-hybridized carbons (Fsp3) is 0.371. The molecule has 1 heterocycles.